The summed E-state index contributed by atoms with van der Waals surface area (Å²) >= 11 is 23.7. The molecule has 0 spiro atoms. The molecule has 0 saturated carbocycles. The Labute approximate surface area is 124 Å². The van der Waals surface area contributed by atoms with Gasteiger partial charge in [0.15, 0.2) is 0 Å². The second-order valence-corrected chi connectivity index (χ2v) is 5.10. The van der Waals surface area contributed by atoms with Gasteiger partial charge in [-0.15, -0.1) is 0 Å². The lowest BCUT2D eigenvalue weighted by Gasteiger charge is -2.09. The summed E-state index contributed by atoms with van der Waals surface area (Å²) in [6.45, 7) is 1.74. The van der Waals surface area contributed by atoms with Crippen molar-refractivity contribution < 1.29 is 0 Å². The molecular weight excluding hydrogens is 316 g/mol. The van der Waals surface area contributed by atoms with Gasteiger partial charge in [-0.1, -0.05) is 46.4 Å². The largest absolute Gasteiger partial charge is 0.339 e. The molecule has 0 aliphatic rings. The average molecular weight is 323 g/mol. The Kier molecular flexibility index (Phi) is 4.17. The first-order valence-corrected chi connectivity index (χ1v) is 6.39. The Bertz CT molecular complexity index is 581. The molecule has 0 aliphatic heterocycles. The minimum Gasteiger partial charge on any atom is -0.339 e. The van der Waals surface area contributed by atoms with Gasteiger partial charge in [0.1, 0.15) is 16.8 Å². The van der Waals surface area contributed by atoms with Gasteiger partial charge in [0, 0.05) is 6.07 Å². The molecule has 0 amide bonds. The van der Waals surface area contributed by atoms with Gasteiger partial charge in [-0.2, -0.15) is 0 Å². The van der Waals surface area contributed by atoms with E-state index in [1.807, 2.05) is 0 Å². The third kappa shape index (κ3) is 3.18. The van der Waals surface area contributed by atoms with Gasteiger partial charge >= 0.3 is 0 Å². The van der Waals surface area contributed by atoms with E-state index in [1.54, 1.807) is 25.1 Å². The van der Waals surface area contributed by atoms with Crippen LogP contribution in [-0.2, 0) is 0 Å². The highest BCUT2D eigenvalue weighted by Crippen LogP contribution is 2.33. The van der Waals surface area contributed by atoms with Gasteiger partial charge in [0.2, 0.25) is 0 Å². The first-order valence-electron chi connectivity index (χ1n) is 4.88. The summed E-state index contributed by atoms with van der Waals surface area (Å²) in [5.74, 6) is 1.09. The molecule has 1 aromatic heterocycles. The van der Waals surface area contributed by atoms with Crippen molar-refractivity contribution in [2.45, 2.75) is 6.92 Å². The van der Waals surface area contributed by atoms with Crippen LogP contribution in [0.4, 0.5) is 11.5 Å². The Morgan fingerprint density at radius 1 is 0.889 bits per heavy atom. The number of benzene rings is 1. The van der Waals surface area contributed by atoms with Crippen molar-refractivity contribution in [3.63, 3.8) is 0 Å². The molecule has 0 saturated heterocycles. The normalized spacial score (nSPS) is 10.5. The highest BCUT2D eigenvalue weighted by Gasteiger charge is 2.08. The fourth-order valence-electron chi connectivity index (χ4n) is 1.35. The smallest absolute Gasteiger partial charge is 0.135 e. The summed E-state index contributed by atoms with van der Waals surface area (Å²) in [7, 11) is 0. The molecule has 0 atom stereocenters. The Morgan fingerprint density at radius 2 is 1.56 bits per heavy atom. The summed E-state index contributed by atoms with van der Waals surface area (Å²) in [4.78, 5) is 8.15. The number of hydrogen-bond acceptors (Lipinski definition) is 3. The number of nitrogens with one attached hydrogen (secondary N) is 1. The first kappa shape index (κ1) is 13.7. The van der Waals surface area contributed by atoms with Crippen LogP contribution in [0.15, 0.2) is 18.2 Å². The number of halogens is 4. The fourth-order valence-corrected chi connectivity index (χ4v) is 2.17. The number of aromatic nitrogens is 2. The molecule has 94 valence electrons. The second-order valence-electron chi connectivity index (χ2n) is 3.49. The van der Waals surface area contributed by atoms with E-state index in [0.717, 1.165) is 0 Å². The topological polar surface area (TPSA) is 37.8 Å². The van der Waals surface area contributed by atoms with Crippen LogP contribution in [0.25, 0.3) is 0 Å². The number of nitrogens with zero attached hydrogens (tertiary/aromatic N) is 2. The predicted molar refractivity (Wildman–Crippen MR) is 76.5 cm³/mol. The minimum absolute atomic E-state index is 0.348. The number of aryl methyl sites for hydroxylation is 1. The second kappa shape index (κ2) is 5.49. The van der Waals surface area contributed by atoms with Crippen LogP contribution >= 0.6 is 46.4 Å². The summed E-state index contributed by atoms with van der Waals surface area (Å²) < 4.78 is 0. The third-order valence-corrected chi connectivity index (χ3v) is 3.31. The molecule has 0 unspecified atom stereocenters. The molecule has 18 heavy (non-hydrogen) atoms. The standard InChI is InChI=1S/C11H7Cl4N3/c1-5-16-10(15)4-11(17-5)18-9-3-7(13)6(12)2-8(9)14/h2-4H,1H3,(H,16,17,18). The molecular formula is C11H7Cl4N3. The van der Waals surface area contributed by atoms with Crippen LogP contribution in [0.3, 0.4) is 0 Å². The third-order valence-electron chi connectivity index (χ3n) is 2.08. The molecule has 1 heterocycles. The van der Waals surface area contributed by atoms with E-state index in [0.29, 0.717) is 37.6 Å². The summed E-state index contributed by atoms with van der Waals surface area (Å²) in [5, 5.41) is 4.60. The molecule has 0 fully saturated rings. The molecule has 2 aromatic rings. The Morgan fingerprint density at radius 3 is 2.22 bits per heavy atom. The molecule has 1 aromatic carbocycles. The van der Waals surface area contributed by atoms with Crippen LogP contribution in [0.1, 0.15) is 5.82 Å². The van der Waals surface area contributed by atoms with Crippen molar-refractivity contribution in [1.29, 1.82) is 0 Å². The van der Waals surface area contributed by atoms with Crippen LogP contribution in [0, 0.1) is 6.92 Å². The van der Waals surface area contributed by atoms with Crippen molar-refractivity contribution in [2.24, 2.45) is 0 Å². The van der Waals surface area contributed by atoms with Crippen LogP contribution in [0.2, 0.25) is 20.2 Å². The maximum atomic E-state index is 6.05. The lowest BCUT2D eigenvalue weighted by molar-refractivity contribution is 1.06. The highest BCUT2D eigenvalue weighted by molar-refractivity contribution is 6.44. The summed E-state index contributed by atoms with van der Waals surface area (Å²) in [5.41, 5.74) is 0.597. The monoisotopic (exact) mass is 321 g/mol. The average Bonchev–Trinajstić information content (AvgIpc) is 2.24. The minimum atomic E-state index is 0.348. The SMILES string of the molecule is Cc1nc(Cl)cc(Nc2cc(Cl)c(Cl)cc2Cl)n1. The van der Waals surface area contributed by atoms with Crippen LogP contribution in [0.5, 0.6) is 0 Å². The predicted octanol–water partition coefficient (Wildman–Crippen LogP) is 5.14. The van der Waals surface area contributed by atoms with E-state index in [9.17, 15) is 0 Å². The van der Waals surface area contributed by atoms with Gasteiger partial charge in [-0.3, -0.25) is 0 Å². The molecule has 0 aliphatic carbocycles. The highest BCUT2D eigenvalue weighted by atomic mass is 35.5. The van der Waals surface area contributed by atoms with Gasteiger partial charge in [0.25, 0.3) is 0 Å². The lowest BCUT2D eigenvalue weighted by atomic mass is 10.3. The van der Waals surface area contributed by atoms with Crippen LogP contribution < -0.4 is 5.32 Å². The van der Waals surface area contributed by atoms with Crippen molar-refractivity contribution in [3.8, 4) is 0 Å². The maximum absolute atomic E-state index is 6.05. The van der Waals surface area contributed by atoms with Crippen molar-refractivity contribution in [2.75, 3.05) is 5.32 Å². The van der Waals surface area contributed by atoms with Gasteiger partial charge in [-0.05, 0) is 19.1 Å². The molecule has 0 bridgehead atoms. The van der Waals surface area contributed by atoms with Crippen molar-refractivity contribution in [3.05, 3.63) is 44.2 Å². The Hall–Kier alpha value is -0.740. The van der Waals surface area contributed by atoms with Gasteiger partial charge < -0.3 is 5.32 Å². The quantitative estimate of drug-likeness (QED) is 0.614. The van der Waals surface area contributed by atoms with Gasteiger partial charge in [0.05, 0.1) is 20.8 Å². The van der Waals surface area contributed by atoms with Gasteiger partial charge in [-0.25, -0.2) is 9.97 Å². The van der Waals surface area contributed by atoms with E-state index >= 15 is 0 Å². The lowest BCUT2D eigenvalue weighted by Crippen LogP contribution is -1.98. The zero-order chi connectivity index (χ0) is 13.3. The molecule has 0 radical (unpaired) electrons. The summed E-state index contributed by atoms with van der Waals surface area (Å²) in [6.07, 6.45) is 0. The fraction of sp³-hybridized carbons (Fsp3) is 0.0909. The zero-order valence-corrected chi connectivity index (χ0v) is 12.2. The van der Waals surface area contributed by atoms with E-state index in [2.05, 4.69) is 15.3 Å². The molecule has 1 N–H and O–H groups in total. The zero-order valence-electron chi connectivity index (χ0n) is 9.14. The summed E-state index contributed by atoms with van der Waals surface area (Å²) in [6, 6.07) is 4.77. The Balaban J connectivity index is 2.36. The van der Waals surface area contributed by atoms with E-state index < -0.39 is 0 Å². The molecule has 3 nitrogen and oxygen atoms in total. The molecule has 7 heteroatoms. The van der Waals surface area contributed by atoms with E-state index in [1.165, 1.54) is 0 Å². The van der Waals surface area contributed by atoms with E-state index in [4.69, 9.17) is 46.4 Å². The number of hydrogen-bond donors (Lipinski definition) is 1. The number of anilines is 2. The first-order chi connectivity index (χ1) is 8.45. The number of rotatable bonds is 2. The van der Waals surface area contributed by atoms with E-state index in [-0.39, 0.29) is 0 Å². The van der Waals surface area contributed by atoms with Crippen LogP contribution in [-0.4, -0.2) is 9.97 Å². The van der Waals surface area contributed by atoms with Crippen molar-refractivity contribution >= 4 is 57.9 Å². The van der Waals surface area contributed by atoms with Crippen molar-refractivity contribution in [1.82, 2.24) is 9.97 Å². The molecule has 2 rings (SSSR count). The maximum Gasteiger partial charge on any atom is 0.135 e.